The molecule has 2 amide bonds. The van der Waals surface area contributed by atoms with Gasteiger partial charge in [-0.05, 0) is 35.9 Å². The maximum absolute atomic E-state index is 13.8. The highest BCUT2D eigenvalue weighted by Gasteiger charge is 2.60. The number of carbonyl (C=O) groups is 2. The van der Waals surface area contributed by atoms with Gasteiger partial charge in [0.15, 0.2) is 0 Å². The number of nitrogens with zero attached hydrogens (tertiary/aromatic N) is 2. The van der Waals surface area contributed by atoms with Crippen molar-refractivity contribution in [2.45, 2.75) is 11.4 Å². The molecule has 2 aliphatic heterocycles. The summed E-state index contributed by atoms with van der Waals surface area (Å²) in [6.07, 6.45) is 0. The van der Waals surface area contributed by atoms with Crippen LogP contribution < -0.4 is 9.80 Å². The van der Waals surface area contributed by atoms with E-state index in [-0.39, 0.29) is 23.4 Å². The minimum Gasteiger partial charge on any atom is -0.304 e. The van der Waals surface area contributed by atoms with E-state index in [2.05, 4.69) is 0 Å². The van der Waals surface area contributed by atoms with E-state index in [1.165, 1.54) is 23.9 Å². The molecule has 6 heteroatoms. The van der Waals surface area contributed by atoms with Gasteiger partial charge in [-0.2, -0.15) is 0 Å². The number of carbonyl (C=O) groups excluding carboxylic acids is 2. The van der Waals surface area contributed by atoms with Crippen LogP contribution in [0.4, 0.5) is 15.8 Å². The molecule has 3 aromatic carbocycles. The molecule has 29 heavy (non-hydrogen) atoms. The molecule has 144 valence electrons. The molecule has 5 rings (SSSR count). The number of hydrogen-bond donors (Lipinski definition) is 0. The van der Waals surface area contributed by atoms with Crippen LogP contribution >= 0.6 is 11.8 Å². The summed E-state index contributed by atoms with van der Waals surface area (Å²) in [4.78, 5) is 28.9. The van der Waals surface area contributed by atoms with Crippen LogP contribution in [0.5, 0.6) is 0 Å². The van der Waals surface area contributed by atoms with Crippen molar-refractivity contribution in [3.8, 4) is 0 Å². The predicted molar refractivity (Wildman–Crippen MR) is 112 cm³/mol. The summed E-state index contributed by atoms with van der Waals surface area (Å²) in [5.74, 6) is -0.319. The molecular formula is C23H17FN2O2S. The minimum atomic E-state index is -1.12. The highest BCUT2D eigenvalue weighted by molar-refractivity contribution is 8.02. The second-order valence-corrected chi connectivity index (χ2v) is 8.20. The Morgan fingerprint density at radius 1 is 0.897 bits per heavy atom. The Balaban J connectivity index is 1.63. The zero-order valence-corrected chi connectivity index (χ0v) is 16.2. The fourth-order valence-electron chi connectivity index (χ4n) is 4.06. The van der Waals surface area contributed by atoms with Gasteiger partial charge in [-0.1, -0.05) is 48.5 Å². The lowest BCUT2D eigenvalue weighted by atomic mass is 10.0. The molecule has 2 aliphatic rings. The minimum absolute atomic E-state index is 0.0898. The van der Waals surface area contributed by atoms with Gasteiger partial charge >= 0.3 is 0 Å². The summed E-state index contributed by atoms with van der Waals surface area (Å²) in [6, 6.07) is 23.0. The molecule has 1 atom stereocenters. The average molecular weight is 404 g/mol. The largest absolute Gasteiger partial charge is 0.304 e. The van der Waals surface area contributed by atoms with Crippen LogP contribution in [0.15, 0.2) is 78.9 Å². The summed E-state index contributed by atoms with van der Waals surface area (Å²) < 4.78 is 13.3. The standard InChI is InChI=1S/C23H17FN2O2S/c24-17-12-10-16(11-13-17)14-25-20-9-5-4-8-19(20)23(22(25)28)26(21(27)15-29-23)18-6-2-1-3-7-18/h1-13H,14-15H2. The van der Waals surface area contributed by atoms with E-state index in [9.17, 15) is 14.0 Å². The molecular weight excluding hydrogens is 387 g/mol. The highest BCUT2D eigenvalue weighted by atomic mass is 32.2. The van der Waals surface area contributed by atoms with Gasteiger partial charge in [0.2, 0.25) is 10.8 Å². The maximum atomic E-state index is 13.8. The number of anilines is 2. The number of para-hydroxylation sites is 2. The molecule has 1 fully saturated rings. The molecule has 4 nitrogen and oxygen atoms in total. The quantitative estimate of drug-likeness (QED) is 0.653. The Labute approximate surface area is 171 Å². The Morgan fingerprint density at radius 3 is 2.34 bits per heavy atom. The molecule has 0 aliphatic carbocycles. The molecule has 0 N–H and O–H groups in total. The maximum Gasteiger partial charge on any atom is 0.269 e. The van der Waals surface area contributed by atoms with E-state index < -0.39 is 4.87 Å². The summed E-state index contributed by atoms with van der Waals surface area (Å²) in [7, 11) is 0. The summed E-state index contributed by atoms with van der Waals surface area (Å²) in [5.41, 5.74) is 3.12. The van der Waals surface area contributed by atoms with E-state index in [1.807, 2.05) is 54.6 Å². The molecule has 2 heterocycles. The van der Waals surface area contributed by atoms with Crippen LogP contribution in [0.3, 0.4) is 0 Å². The number of benzene rings is 3. The number of fused-ring (bicyclic) bond motifs is 2. The Bertz CT molecular complexity index is 1100. The first kappa shape index (κ1) is 17.9. The fraction of sp³-hybridized carbons (Fsp3) is 0.130. The average Bonchev–Trinajstić information content (AvgIpc) is 3.21. The first-order valence-electron chi connectivity index (χ1n) is 9.29. The van der Waals surface area contributed by atoms with Crippen LogP contribution in [0.25, 0.3) is 0 Å². The topological polar surface area (TPSA) is 40.6 Å². The molecule has 0 aromatic heterocycles. The van der Waals surface area contributed by atoms with Crippen molar-refractivity contribution in [1.29, 1.82) is 0 Å². The van der Waals surface area contributed by atoms with Crippen molar-refractivity contribution >= 4 is 35.0 Å². The van der Waals surface area contributed by atoms with Crippen LogP contribution in [0.1, 0.15) is 11.1 Å². The first-order valence-corrected chi connectivity index (χ1v) is 10.3. The van der Waals surface area contributed by atoms with E-state index in [4.69, 9.17) is 0 Å². The number of thioether (sulfide) groups is 1. The van der Waals surface area contributed by atoms with Crippen molar-refractivity contribution in [3.05, 3.63) is 95.8 Å². The number of hydrogen-bond acceptors (Lipinski definition) is 3. The number of halogens is 1. The van der Waals surface area contributed by atoms with E-state index >= 15 is 0 Å². The third-order valence-electron chi connectivity index (χ3n) is 5.33. The van der Waals surface area contributed by atoms with E-state index in [0.717, 1.165) is 16.8 Å². The SMILES string of the molecule is O=C1CSC2(C(=O)N(Cc3ccc(F)cc3)c3ccccc32)N1c1ccccc1. The molecule has 3 aromatic rings. The lowest BCUT2D eigenvalue weighted by molar-refractivity contribution is -0.123. The third kappa shape index (κ3) is 2.67. The van der Waals surface area contributed by atoms with Crippen LogP contribution in [0, 0.1) is 5.82 Å². The van der Waals surface area contributed by atoms with Crippen molar-refractivity contribution in [1.82, 2.24) is 0 Å². The number of amides is 2. The Kier molecular flexibility index (Phi) is 4.17. The van der Waals surface area contributed by atoms with Gasteiger partial charge in [-0.25, -0.2) is 4.39 Å². The van der Waals surface area contributed by atoms with Gasteiger partial charge in [0, 0.05) is 11.3 Å². The molecule has 0 bridgehead atoms. The van der Waals surface area contributed by atoms with Gasteiger partial charge in [-0.15, -0.1) is 11.8 Å². The summed E-state index contributed by atoms with van der Waals surface area (Å²) >= 11 is 1.36. The lowest BCUT2D eigenvalue weighted by Crippen LogP contribution is -2.49. The fourth-order valence-corrected chi connectivity index (χ4v) is 5.42. The normalized spacial score (nSPS) is 20.6. The Morgan fingerprint density at radius 2 is 1.59 bits per heavy atom. The lowest BCUT2D eigenvalue weighted by Gasteiger charge is -2.33. The van der Waals surface area contributed by atoms with Gasteiger partial charge < -0.3 is 4.90 Å². The first-order chi connectivity index (χ1) is 14.1. The van der Waals surface area contributed by atoms with Crippen LogP contribution in [-0.2, 0) is 21.0 Å². The highest BCUT2D eigenvalue weighted by Crippen LogP contribution is 2.55. The van der Waals surface area contributed by atoms with Gasteiger partial charge in [0.05, 0.1) is 18.0 Å². The molecule has 1 unspecified atom stereocenters. The molecule has 1 saturated heterocycles. The van der Waals surface area contributed by atoms with Gasteiger partial charge in [-0.3, -0.25) is 14.5 Å². The predicted octanol–water partition coefficient (Wildman–Crippen LogP) is 4.31. The molecule has 1 spiro atoms. The Hall–Kier alpha value is -3.12. The molecule has 0 saturated carbocycles. The summed E-state index contributed by atoms with van der Waals surface area (Å²) in [5, 5.41) is 0. The summed E-state index contributed by atoms with van der Waals surface area (Å²) in [6.45, 7) is 0.315. The van der Waals surface area contributed by atoms with E-state index in [0.29, 0.717) is 12.2 Å². The van der Waals surface area contributed by atoms with Gasteiger partial charge in [0.25, 0.3) is 5.91 Å². The van der Waals surface area contributed by atoms with Crippen molar-refractivity contribution in [2.75, 3.05) is 15.6 Å². The second kappa shape index (κ2) is 6.74. The van der Waals surface area contributed by atoms with Crippen molar-refractivity contribution in [3.63, 3.8) is 0 Å². The molecule has 0 radical (unpaired) electrons. The van der Waals surface area contributed by atoms with Crippen LogP contribution in [0.2, 0.25) is 0 Å². The van der Waals surface area contributed by atoms with Crippen molar-refractivity contribution < 1.29 is 14.0 Å². The third-order valence-corrected chi connectivity index (χ3v) is 6.72. The van der Waals surface area contributed by atoms with Crippen molar-refractivity contribution in [2.24, 2.45) is 0 Å². The zero-order chi connectivity index (χ0) is 20.0. The smallest absolute Gasteiger partial charge is 0.269 e. The number of rotatable bonds is 3. The van der Waals surface area contributed by atoms with Gasteiger partial charge in [0.1, 0.15) is 5.82 Å². The zero-order valence-electron chi connectivity index (χ0n) is 15.4. The monoisotopic (exact) mass is 404 g/mol. The van der Waals surface area contributed by atoms with Crippen LogP contribution in [-0.4, -0.2) is 17.6 Å². The van der Waals surface area contributed by atoms with E-state index in [1.54, 1.807) is 21.9 Å². The second-order valence-electron chi connectivity index (χ2n) is 7.03.